The predicted octanol–water partition coefficient (Wildman–Crippen LogP) is 1.73. The minimum absolute atomic E-state index is 0.0708. The number of carbonyl (C=O) groups excluding carboxylic acids is 2. The van der Waals surface area contributed by atoms with Crippen LogP contribution < -0.4 is 0 Å². The van der Waals surface area contributed by atoms with Crippen molar-refractivity contribution in [3.05, 3.63) is 34.5 Å². The van der Waals surface area contributed by atoms with Crippen molar-refractivity contribution in [3.8, 4) is 0 Å². The van der Waals surface area contributed by atoms with Gasteiger partial charge in [-0.15, -0.1) is 0 Å². The second kappa shape index (κ2) is 4.90. The van der Waals surface area contributed by atoms with Gasteiger partial charge in [-0.1, -0.05) is 12.2 Å². The summed E-state index contributed by atoms with van der Waals surface area (Å²) in [5.41, 5.74) is 0.763. The fraction of sp³-hybridized carbons (Fsp3) is 0.429. The normalized spacial score (nSPS) is 27.7. The highest BCUT2D eigenvalue weighted by Gasteiger charge is 2.47. The van der Waals surface area contributed by atoms with E-state index in [1.807, 2.05) is 29.0 Å². The molecule has 3 rings (SSSR count). The molecule has 1 saturated heterocycles. The summed E-state index contributed by atoms with van der Waals surface area (Å²) in [6, 6.07) is 1.81. The molecule has 1 aromatic rings. The van der Waals surface area contributed by atoms with Crippen molar-refractivity contribution in [2.45, 2.75) is 18.9 Å². The number of fused-ring (bicyclic) bond motifs is 1. The van der Waals surface area contributed by atoms with E-state index in [-0.39, 0.29) is 30.2 Å². The van der Waals surface area contributed by atoms with Gasteiger partial charge in [0.05, 0.1) is 24.5 Å². The van der Waals surface area contributed by atoms with Gasteiger partial charge in [0.25, 0.3) is 0 Å². The number of amides is 2. The average Bonchev–Trinajstić information content (AvgIpc) is 3.03. The van der Waals surface area contributed by atoms with Crippen LogP contribution in [0.15, 0.2) is 29.0 Å². The third-order valence-corrected chi connectivity index (χ3v) is 4.58. The van der Waals surface area contributed by atoms with Crippen LogP contribution in [0.2, 0.25) is 0 Å². The van der Waals surface area contributed by atoms with Gasteiger partial charge in [0.1, 0.15) is 0 Å². The van der Waals surface area contributed by atoms with E-state index in [1.54, 1.807) is 0 Å². The van der Waals surface area contributed by atoms with Crippen molar-refractivity contribution in [1.82, 2.24) is 4.90 Å². The molecule has 1 N–H and O–H groups in total. The fourth-order valence-electron chi connectivity index (χ4n) is 2.79. The average molecular weight is 277 g/mol. The third-order valence-electron chi connectivity index (χ3n) is 3.88. The standard InChI is InChI=1S/C14H15NO3S/c16-12(9-5-6-19-8-9)7-15-13(17)10-3-1-2-4-11(10)14(15)18/h1-2,5-6,8,10-12,16H,3-4,7H2/t10-,11+,12?. The molecule has 4 nitrogen and oxygen atoms in total. The molecule has 1 fully saturated rings. The molecule has 3 atom stereocenters. The first kappa shape index (κ1) is 12.6. The molecule has 19 heavy (non-hydrogen) atoms. The molecule has 5 heteroatoms. The van der Waals surface area contributed by atoms with Gasteiger partial charge in [0.2, 0.25) is 11.8 Å². The lowest BCUT2D eigenvalue weighted by molar-refractivity contribution is -0.141. The molecule has 1 aliphatic heterocycles. The first-order valence-corrected chi connectivity index (χ1v) is 7.33. The molecule has 1 unspecified atom stereocenters. The van der Waals surface area contributed by atoms with Crippen LogP contribution in [0.25, 0.3) is 0 Å². The lowest BCUT2D eigenvalue weighted by Crippen LogP contribution is -2.34. The summed E-state index contributed by atoms with van der Waals surface area (Å²) in [4.78, 5) is 25.7. The van der Waals surface area contributed by atoms with Crippen molar-refractivity contribution in [2.24, 2.45) is 11.8 Å². The topological polar surface area (TPSA) is 57.6 Å². The summed E-state index contributed by atoms with van der Waals surface area (Å²) < 4.78 is 0. The minimum Gasteiger partial charge on any atom is -0.387 e. The van der Waals surface area contributed by atoms with E-state index < -0.39 is 6.10 Å². The maximum Gasteiger partial charge on any atom is 0.233 e. The maximum atomic E-state index is 12.2. The number of carbonyl (C=O) groups is 2. The molecule has 0 bridgehead atoms. The van der Waals surface area contributed by atoms with Crippen LogP contribution >= 0.6 is 11.3 Å². The highest BCUT2D eigenvalue weighted by molar-refractivity contribution is 7.07. The SMILES string of the molecule is O=C1[C@H]2CC=CC[C@H]2C(=O)N1CC(O)c1ccsc1. The maximum absolute atomic E-state index is 12.2. The highest BCUT2D eigenvalue weighted by atomic mass is 32.1. The first-order chi connectivity index (χ1) is 9.18. The summed E-state index contributed by atoms with van der Waals surface area (Å²) in [7, 11) is 0. The Hall–Kier alpha value is -1.46. The Morgan fingerprint density at radius 3 is 2.42 bits per heavy atom. The number of allylic oxidation sites excluding steroid dienone is 2. The van der Waals surface area contributed by atoms with Gasteiger partial charge in [-0.05, 0) is 35.2 Å². The molecule has 0 saturated carbocycles. The Labute approximate surface area is 115 Å². The van der Waals surface area contributed by atoms with Gasteiger partial charge in [-0.3, -0.25) is 14.5 Å². The van der Waals surface area contributed by atoms with Crippen LogP contribution in [0, 0.1) is 11.8 Å². The monoisotopic (exact) mass is 277 g/mol. The molecular weight excluding hydrogens is 262 g/mol. The zero-order valence-corrected chi connectivity index (χ0v) is 11.2. The summed E-state index contributed by atoms with van der Waals surface area (Å²) in [5, 5.41) is 13.8. The van der Waals surface area contributed by atoms with Gasteiger partial charge >= 0.3 is 0 Å². The molecule has 2 heterocycles. The number of aliphatic hydroxyl groups is 1. The molecular formula is C14H15NO3S. The van der Waals surface area contributed by atoms with Crippen molar-refractivity contribution in [1.29, 1.82) is 0 Å². The van der Waals surface area contributed by atoms with E-state index >= 15 is 0 Å². The number of imide groups is 1. The Balaban J connectivity index is 1.75. The third kappa shape index (κ3) is 2.13. The highest BCUT2D eigenvalue weighted by Crippen LogP contribution is 2.35. The van der Waals surface area contributed by atoms with E-state index in [2.05, 4.69) is 0 Å². The minimum atomic E-state index is -0.785. The van der Waals surface area contributed by atoms with Gasteiger partial charge in [0, 0.05) is 0 Å². The van der Waals surface area contributed by atoms with Crippen molar-refractivity contribution >= 4 is 23.2 Å². The van der Waals surface area contributed by atoms with Crippen molar-refractivity contribution in [2.75, 3.05) is 6.54 Å². The van der Waals surface area contributed by atoms with Crippen LogP contribution in [0.1, 0.15) is 24.5 Å². The summed E-state index contributed by atoms with van der Waals surface area (Å²) in [6.45, 7) is 0.0708. The molecule has 2 amide bonds. The Kier molecular flexibility index (Phi) is 3.24. The number of rotatable bonds is 3. The number of hydrogen-bond donors (Lipinski definition) is 1. The zero-order chi connectivity index (χ0) is 13.4. The predicted molar refractivity (Wildman–Crippen MR) is 71.4 cm³/mol. The van der Waals surface area contributed by atoms with Crippen LogP contribution in [0.3, 0.4) is 0 Å². The van der Waals surface area contributed by atoms with Gasteiger partial charge in [-0.25, -0.2) is 0 Å². The van der Waals surface area contributed by atoms with Crippen LogP contribution in [-0.4, -0.2) is 28.4 Å². The van der Waals surface area contributed by atoms with Crippen LogP contribution in [-0.2, 0) is 9.59 Å². The molecule has 0 aromatic carbocycles. The Bertz CT molecular complexity index is 497. The van der Waals surface area contributed by atoms with Crippen LogP contribution in [0.4, 0.5) is 0 Å². The van der Waals surface area contributed by atoms with E-state index in [1.165, 1.54) is 16.2 Å². The number of nitrogens with zero attached hydrogens (tertiary/aromatic N) is 1. The lowest BCUT2D eigenvalue weighted by Gasteiger charge is -2.18. The lowest BCUT2D eigenvalue weighted by atomic mass is 9.85. The second-order valence-corrected chi connectivity index (χ2v) is 5.80. The van der Waals surface area contributed by atoms with E-state index in [9.17, 15) is 14.7 Å². The number of β-amino-alcohol motifs (C(OH)–C–C–N with tert-alkyl or cyclic N) is 1. The van der Waals surface area contributed by atoms with E-state index in [4.69, 9.17) is 0 Å². The molecule has 1 aliphatic carbocycles. The fourth-order valence-corrected chi connectivity index (χ4v) is 3.50. The van der Waals surface area contributed by atoms with Crippen molar-refractivity contribution < 1.29 is 14.7 Å². The first-order valence-electron chi connectivity index (χ1n) is 6.39. The Morgan fingerprint density at radius 2 is 1.89 bits per heavy atom. The van der Waals surface area contributed by atoms with Gasteiger partial charge in [-0.2, -0.15) is 11.3 Å². The van der Waals surface area contributed by atoms with Crippen molar-refractivity contribution in [3.63, 3.8) is 0 Å². The van der Waals surface area contributed by atoms with Crippen LogP contribution in [0.5, 0.6) is 0 Å². The Morgan fingerprint density at radius 1 is 1.26 bits per heavy atom. The second-order valence-electron chi connectivity index (χ2n) is 5.02. The molecule has 2 aliphatic rings. The molecule has 0 spiro atoms. The number of aliphatic hydroxyl groups excluding tert-OH is 1. The number of hydrogen-bond acceptors (Lipinski definition) is 4. The summed E-state index contributed by atoms with van der Waals surface area (Å²) in [6.07, 6.45) is 4.42. The zero-order valence-electron chi connectivity index (χ0n) is 10.4. The molecule has 0 radical (unpaired) electrons. The van der Waals surface area contributed by atoms with Gasteiger partial charge in [0.15, 0.2) is 0 Å². The largest absolute Gasteiger partial charge is 0.387 e. The molecule has 100 valence electrons. The molecule has 1 aromatic heterocycles. The van der Waals surface area contributed by atoms with E-state index in [0.717, 1.165) is 5.56 Å². The smallest absolute Gasteiger partial charge is 0.233 e. The number of likely N-dealkylation sites (tertiary alicyclic amines) is 1. The summed E-state index contributed by atoms with van der Waals surface area (Å²) in [5.74, 6) is -0.693. The summed E-state index contributed by atoms with van der Waals surface area (Å²) >= 11 is 1.49. The number of thiophene rings is 1. The van der Waals surface area contributed by atoms with E-state index in [0.29, 0.717) is 12.8 Å². The van der Waals surface area contributed by atoms with Gasteiger partial charge < -0.3 is 5.11 Å². The quantitative estimate of drug-likeness (QED) is 0.676.